The van der Waals surface area contributed by atoms with Gasteiger partial charge >= 0.3 is 0 Å². The van der Waals surface area contributed by atoms with Crippen LogP contribution in [0.15, 0.2) is 17.0 Å². The molecule has 0 radical (unpaired) electrons. The summed E-state index contributed by atoms with van der Waals surface area (Å²) in [6.45, 7) is 3.32. The molecule has 0 spiro atoms. The lowest BCUT2D eigenvalue weighted by molar-refractivity contribution is 0.181. The molecule has 2 heterocycles. The molecule has 5 nitrogen and oxygen atoms in total. The summed E-state index contributed by atoms with van der Waals surface area (Å²) in [6.07, 6.45) is 0. The Balaban J connectivity index is 2.37. The second kappa shape index (κ2) is 5.70. The normalized spacial score (nSPS) is 10.5. The average Bonchev–Trinajstić information content (AvgIpc) is 2.83. The Bertz CT molecular complexity index is 448. The van der Waals surface area contributed by atoms with E-state index in [1.165, 1.54) is 11.3 Å². The molecule has 2 aromatic heterocycles. The van der Waals surface area contributed by atoms with Gasteiger partial charge in [-0.15, -0.1) is 11.3 Å². The van der Waals surface area contributed by atoms with Gasteiger partial charge in [-0.05, 0) is 6.92 Å². The molecule has 1 N–H and O–H groups in total. The Morgan fingerprint density at radius 3 is 2.94 bits per heavy atom. The summed E-state index contributed by atoms with van der Waals surface area (Å²) in [7, 11) is 1.65. The second-order valence-electron chi connectivity index (χ2n) is 3.41. The van der Waals surface area contributed by atoms with Crippen LogP contribution in [-0.2, 0) is 11.3 Å². The number of anilines is 1. The molecule has 17 heavy (non-hydrogen) atoms. The molecule has 2 rings (SSSR count). The molecule has 0 fully saturated rings. The van der Waals surface area contributed by atoms with Gasteiger partial charge in [-0.3, -0.25) is 0 Å². The number of nitrogens with zero attached hydrogens (tertiary/aromatic N) is 3. The Kier molecular flexibility index (Phi) is 4.00. The molecule has 0 amide bonds. The highest BCUT2D eigenvalue weighted by molar-refractivity contribution is 7.07. The number of hydrogen-bond donors (Lipinski definition) is 1. The molecule has 0 aliphatic rings. The molecule has 2 aromatic rings. The predicted octanol–water partition coefficient (Wildman–Crippen LogP) is 2.18. The summed E-state index contributed by atoms with van der Waals surface area (Å²) in [4.78, 5) is 13.0. The van der Waals surface area contributed by atoms with Crippen molar-refractivity contribution in [2.24, 2.45) is 0 Å². The smallest absolute Gasteiger partial charge is 0.181 e. The maximum absolute atomic E-state index is 5.10. The molecular formula is C11H14N4OS. The van der Waals surface area contributed by atoms with Gasteiger partial charge in [0.1, 0.15) is 11.5 Å². The predicted molar refractivity (Wildman–Crippen MR) is 68.0 cm³/mol. The fourth-order valence-corrected chi connectivity index (χ4v) is 1.96. The summed E-state index contributed by atoms with van der Waals surface area (Å²) in [6, 6.07) is 1.89. The molecule has 0 aromatic carbocycles. The monoisotopic (exact) mass is 250 g/mol. The second-order valence-corrected chi connectivity index (χ2v) is 4.12. The number of methoxy groups -OCH3 is 1. The number of thiazole rings is 1. The van der Waals surface area contributed by atoms with Gasteiger partial charge in [0.2, 0.25) is 0 Å². The van der Waals surface area contributed by atoms with Crippen molar-refractivity contribution in [3.05, 3.63) is 22.7 Å². The topological polar surface area (TPSA) is 59.9 Å². The van der Waals surface area contributed by atoms with E-state index < -0.39 is 0 Å². The van der Waals surface area contributed by atoms with E-state index in [1.54, 1.807) is 12.6 Å². The summed E-state index contributed by atoms with van der Waals surface area (Å²) < 4.78 is 5.10. The Labute approximate surface area is 104 Å². The van der Waals surface area contributed by atoms with Gasteiger partial charge in [0, 0.05) is 25.1 Å². The lowest BCUT2D eigenvalue weighted by Gasteiger charge is -2.07. The van der Waals surface area contributed by atoms with Crippen molar-refractivity contribution in [2.45, 2.75) is 13.5 Å². The molecule has 0 aliphatic heterocycles. The van der Waals surface area contributed by atoms with Crippen LogP contribution in [0, 0.1) is 0 Å². The third-order valence-corrected chi connectivity index (χ3v) is 2.68. The van der Waals surface area contributed by atoms with E-state index in [1.807, 2.05) is 18.4 Å². The van der Waals surface area contributed by atoms with Crippen molar-refractivity contribution in [3.8, 4) is 11.5 Å². The SMILES string of the molecule is CCNc1cc(COC)nc(-c2cscn2)n1. The Hall–Kier alpha value is -1.53. The fraction of sp³-hybridized carbons (Fsp3) is 0.364. The molecule has 0 atom stereocenters. The van der Waals surface area contributed by atoms with Gasteiger partial charge in [0.15, 0.2) is 5.82 Å². The van der Waals surface area contributed by atoms with Gasteiger partial charge in [-0.2, -0.15) is 0 Å². The van der Waals surface area contributed by atoms with E-state index in [9.17, 15) is 0 Å². The van der Waals surface area contributed by atoms with Crippen molar-refractivity contribution in [3.63, 3.8) is 0 Å². The number of hydrogen-bond acceptors (Lipinski definition) is 6. The fourth-order valence-electron chi connectivity index (χ4n) is 1.43. The van der Waals surface area contributed by atoms with Gasteiger partial charge in [-0.1, -0.05) is 0 Å². The first-order chi connectivity index (χ1) is 8.33. The van der Waals surface area contributed by atoms with Crippen molar-refractivity contribution < 1.29 is 4.74 Å². The lowest BCUT2D eigenvalue weighted by Crippen LogP contribution is -2.04. The largest absolute Gasteiger partial charge is 0.378 e. The number of nitrogens with one attached hydrogen (secondary N) is 1. The molecule has 0 aliphatic carbocycles. The van der Waals surface area contributed by atoms with Crippen molar-refractivity contribution >= 4 is 17.2 Å². The van der Waals surface area contributed by atoms with Crippen molar-refractivity contribution in [1.82, 2.24) is 15.0 Å². The highest BCUT2D eigenvalue weighted by Gasteiger charge is 2.08. The van der Waals surface area contributed by atoms with E-state index in [2.05, 4.69) is 20.3 Å². The van der Waals surface area contributed by atoms with E-state index >= 15 is 0 Å². The van der Waals surface area contributed by atoms with E-state index in [-0.39, 0.29) is 0 Å². The van der Waals surface area contributed by atoms with E-state index in [0.29, 0.717) is 12.4 Å². The van der Waals surface area contributed by atoms with Crippen LogP contribution in [0.2, 0.25) is 0 Å². The summed E-state index contributed by atoms with van der Waals surface area (Å²) in [5.74, 6) is 1.44. The van der Waals surface area contributed by atoms with Gasteiger partial charge in [-0.25, -0.2) is 15.0 Å². The van der Waals surface area contributed by atoms with Crippen LogP contribution in [0.5, 0.6) is 0 Å². The third kappa shape index (κ3) is 2.98. The highest BCUT2D eigenvalue weighted by Crippen LogP contribution is 2.18. The maximum atomic E-state index is 5.10. The van der Waals surface area contributed by atoms with Crippen molar-refractivity contribution in [2.75, 3.05) is 19.0 Å². The zero-order valence-corrected chi connectivity index (χ0v) is 10.6. The molecule has 0 saturated heterocycles. The number of rotatable bonds is 5. The van der Waals surface area contributed by atoms with Crippen LogP contribution in [0.1, 0.15) is 12.6 Å². The van der Waals surface area contributed by atoms with Gasteiger partial charge < -0.3 is 10.1 Å². The van der Waals surface area contributed by atoms with E-state index in [0.717, 1.165) is 23.8 Å². The molecule has 90 valence electrons. The minimum atomic E-state index is 0.470. The van der Waals surface area contributed by atoms with Crippen LogP contribution in [0.3, 0.4) is 0 Å². The van der Waals surface area contributed by atoms with Crippen LogP contribution in [0.4, 0.5) is 5.82 Å². The minimum absolute atomic E-state index is 0.470. The maximum Gasteiger partial charge on any atom is 0.181 e. The average molecular weight is 250 g/mol. The molecule has 0 bridgehead atoms. The standard InChI is InChI=1S/C11H14N4OS/c1-3-12-10-4-8(5-16-2)14-11(15-10)9-6-17-7-13-9/h4,6-7H,3,5H2,1-2H3,(H,12,14,15). The van der Waals surface area contributed by atoms with Crippen LogP contribution in [-0.4, -0.2) is 28.6 Å². The summed E-state index contributed by atoms with van der Waals surface area (Å²) in [5.41, 5.74) is 3.42. The Morgan fingerprint density at radius 1 is 1.41 bits per heavy atom. The summed E-state index contributed by atoms with van der Waals surface area (Å²) >= 11 is 1.53. The van der Waals surface area contributed by atoms with Gasteiger partial charge in [0.25, 0.3) is 0 Å². The third-order valence-electron chi connectivity index (χ3n) is 2.09. The zero-order chi connectivity index (χ0) is 12.1. The Morgan fingerprint density at radius 2 is 2.29 bits per heavy atom. The van der Waals surface area contributed by atoms with Crippen LogP contribution < -0.4 is 5.32 Å². The van der Waals surface area contributed by atoms with Crippen molar-refractivity contribution in [1.29, 1.82) is 0 Å². The quantitative estimate of drug-likeness (QED) is 0.881. The van der Waals surface area contributed by atoms with E-state index in [4.69, 9.17) is 4.74 Å². The minimum Gasteiger partial charge on any atom is -0.378 e. The van der Waals surface area contributed by atoms with Crippen LogP contribution >= 0.6 is 11.3 Å². The first-order valence-electron chi connectivity index (χ1n) is 5.32. The number of ether oxygens (including phenoxy) is 1. The number of aromatic nitrogens is 3. The first kappa shape index (κ1) is 11.9. The van der Waals surface area contributed by atoms with Crippen LogP contribution in [0.25, 0.3) is 11.5 Å². The highest BCUT2D eigenvalue weighted by atomic mass is 32.1. The first-order valence-corrected chi connectivity index (χ1v) is 6.27. The molecular weight excluding hydrogens is 236 g/mol. The molecule has 0 unspecified atom stereocenters. The molecule has 0 saturated carbocycles. The lowest BCUT2D eigenvalue weighted by atomic mass is 10.3. The molecule has 6 heteroatoms. The van der Waals surface area contributed by atoms with Gasteiger partial charge in [0.05, 0.1) is 17.8 Å². The zero-order valence-electron chi connectivity index (χ0n) is 9.80. The summed E-state index contributed by atoms with van der Waals surface area (Å²) in [5, 5.41) is 5.11.